The zero-order valence-electron chi connectivity index (χ0n) is 13.2. The van der Waals surface area contributed by atoms with Gasteiger partial charge in [-0.15, -0.1) is 0 Å². The summed E-state index contributed by atoms with van der Waals surface area (Å²) < 4.78 is 38.0. The molecule has 0 saturated heterocycles. The standard InChI is InChI=1S/C16H13ClF3N5O/c17-13-7-10(1-6-14(13)21)8-24-15(9-26)25(23-22-24)12-4-2-11(3-5-12)16(18,19)20/h1-7,9,15H,8,21H2. The third-order valence-electron chi connectivity index (χ3n) is 3.80. The highest BCUT2D eigenvalue weighted by atomic mass is 35.5. The zero-order valence-corrected chi connectivity index (χ0v) is 13.9. The molecule has 2 aromatic rings. The Bertz CT molecular complexity index is 841. The number of carbonyl (C=O) groups is 1. The molecule has 0 aliphatic carbocycles. The van der Waals surface area contributed by atoms with E-state index < -0.39 is 17.9 Å². The topological polar surface area (TPSA) is 74.3 Å². The summed E-state index contributed by atoms with van der Waals surface area (Å²) in [5.74, 6) is 0. The molecule has 0 amide bonds. The molecule has 6 nitrogen and oxygen atoms in total. The summed E-state index contributed by atoms with van der Waals surface area (Å²) in [6, 6.07) is 9.34. The lowest BCUT2D eigenvalue weighted by molar-refractivity contribution is -0.137. The van der Waals surface area contributed by atoms with Crippen molar-refractivity contribution < 1.29 is 18.0 Å². The molecule has 0 aromatic heterocycles. The molecule has 0 spiro atoms. The lowest BCUT2D eigenvalue weighted by Crippen LogP contribution is -2.39. The summed E-state index contributed by atoms with van der Waals surface area (Å²) in [5, 5.41) is 10.8. The van der Waals surface area contributed by atoms with E-state index in [4.69, 9.17) is 17.3 Å². The van der Waals surface area contributed by atoms with E-state index in [9.17, 15) is 18.0 Å². The maximum atomic E-state index is 12.7. The lowest BCUT2D eigenvalue weighted by atomic mass is 10.2. The molecular weight excluding hydrogens is 371 g/mol. The third kappa shape index (κ3) is 3.57. The minimum Gasteiger partial charge on any atom is -0.398 e. The minimum atomic E-state index is -4.43. The van der Waals surface area contributed by atoms with E-state index in [2.05, 4.69) is 10.4 Å². The van der Waals surface area contributed by atoms with Gasteiger partial charge in [0.2, 0.25) is 0 Å². The molecule has 0 saturated carbocycles. The van der Waals surface area contributed by atoms with Crippen LogP contribution >= 0.6 is 11.6 Å². The van der Waals surface area contributed by atoms with E-state index in [-0.39, 0.29) is 6.54 Å². The summed E-state index contributed by atoms with van der Waals surface area (Å²) >= 11 is 5.98. The maximum Gasteiger partial charge on any atom is 0.416 e. The number of hydrogen-bond acceptors (Lipinski definition) is 6. The predicted molar refractivity (Wildman–Crippen MR) is 90.0 cm³/mol. The first-order chi connectivity index (χ1) is 12.3. The monoisotopic (exact) mass is 383 g/mol. The Morgan fingerprint density at radius 3 is 2.42 bits per heavy atom. The van der Waals surface area contributed by atoms with Gasteiger partial charge < -0.3 is 5.73 Å². The second kappa shape index (κ2) is 6.83. The molecule has 1 aliphatic heterocycles. The van der Waals surface area contributed by atoms with E-state index in [0.29, 0.717) is 22.7 Å². The number of alkyl halides is 3. The van der Waals surface area contributed by atoms with Crippen LogP contribution in [-0.2, 0) is 17.5 Å². The largest absolute Gasteiger partial charge is 0.416 e. The Hall–Kier alpha value is -2.81. The molecule has 3 rings (SSSR count). The number of nitrogen functional groups attached to an aromatic ring is 1. The molecule has 1 atom stereocenters. The third-order valence-corrected chi connectivity index (χ3v) is 4.12. The van der Waals surface area contributed by atoms with Crippen molar-refractivity contribution in [1.29, 1.82) is 0 Å². The van der Waals surface area contributed by atoms with Gasteiger partial charge in [0.25, 0.3) is 0 Å². The lowest BCUT2D eigenvalue weighted by Gasteiger charge is -2.23. The molecule has 0 radical (unpaired) electrons. The molecule has 1 heterocycles. The van der Waals surface area contributed by atoms with Crippen LogP contribution in [0.2, 0.25) is 5.02 Å². The number of hydrogen-bond donors (Lipinski definition) is 1. The van der Waals surface area contributed by atoms with E-state index in [1.54, 1.807) is 18.2 Å². The summed E-state index contributed by atoms with van der Waals surface area (Å²) in [4.78, 5) is 11.5. The Morgan fingerprint density at radius 1 is 1.15 bits per heavy atom. The number of halogens is 4. The van der Waals surface area contributed by atoms with Crippen LogP contribution in [0.1, 0.15) is 11.1 Å². The summed E-state index contributed by atoms with van der Waals surface area (Å²) in [5.41, 5.74) is 6.37. The van der Waals surface area contributed by atoms with E-state index >= 15 is 0 Å². The number of nitrogens with two attached hydrogens (primary N) is 1. The number of rotatable bonds is 4. The van der Waals surface area contributed by atoms with E-state index in [0.717, 1.165) is 17.7 Å². The van der Waals surface area contributed by atoms with Gasteiger partial charge in [-0.05, 0) is 47.2 Å². The van der Waals surface area contributed by atoms with Gasteiger partial charge in [-0.3, -0.25) is 4.79 Å². The van der Waals surface area contributed by atoms with Crippen LogP contribution in [0.5, 0.6) is 0 Å². The number of nitrogens with zero attached hydrogens (tertiary/aromatic N) is 4. The van der Waals surface area contributed by atoms with Crippen LogP contribution in [0, 0.1) is 0 Å². The fourth-order valence-electron chi connectivity index (χ4n) is 2.44. The minimum absolute atomic E-state index is 0.226. The zero-order chi connectivity index (χ0) is 18.9. The Labute approximate surface area is 151 Å². The molecule has 136 valence electrons. The molecule has 1 aliphatic rings. The molecule has 2 aromatic carbocycles. The van der Waals surface area contributed by atoms with Crippen molar-refractivity contribution in [3.05, 3.63) is 58.6 Å². The maximum absolute atomic E-state index is 12.7. The van der Waals surface area contributed by atoms with Crippen molar-refractivity contribution in [2.24, 2.45) is 10.4 Å². The fourth-order valence-corrected chi connectivity index (χ4v) is 2.65. The first kappa shape index (κ1) is 18.0. The second-order valence-electron chi connectivity index (χ2n) is 5.57. The molecule has 2 N–H and O–H groups in total. The Balaban J connectivity index is 1.78. The van der Waals surface area contributed by atoms with Crippen LogP contribution in [0.15, 0.2) is 52.9 Å². The van der Waals surface area contributed by atoms with Gasteiger partial charge in [-0.25, -0.2) is 10.0 Å². The van der Waals surface area contributed by atoms with Gasteiger partial charge in [0, 0.05) is 0 Å². The second-order valence-corrected chi connectivity index (χ2v) is 5.98. The van der Waals surface area contributed by atoms with Crippen molar-refractivity contribution in [1.82, 2.24) is 5.01 Å². The Kier molecular flexibility index (Phi) is 4.73. The number of benzene rings is 2. The molecule has 1 unspecified atom stereocenters. The fraction of sp³-hybridized carbons (Fsp3) is 0.188. The van der Waals surface area contributed by atoms with Gasteiger partial charge >= 0.3 is 6.18 Å². The van der Waals surface area contributed by atoms with E-state index in [1.807, 2.05) is 0 Å². The summed E-state index contributed by atoms with van der Waals surface area (Å²) in [7, 11) is 0. The van der Waals surface area contributed by atoms with Crippen molar-refractivity contribution in [2.45, 2.75) is 18.9 Å². The normalized spacial score (nSPS) is 17.0. The summed E-state index contributed by atoms with van der Waals surface area (Å²) in [6.45, 7) is 0.226. The highest BCUT2D eigenvalue weighted by molar-refractivity contribution is 6.33. The summed E-state index contributed by atoms with van der Waals surface area (Å²) in [6.07, 6.45) is -4.71. The number of anilines is 2. The van der Waals surface area contributed by atoms with Crippen molar-refractivity contribution in [2.75, 3.05) is 10.7 Å². The van der Waals surface area contributed by atoms with Crippen LogP contribution in [-0.4, -0.2) is 17.5 Å². The van der Waals surface area contributed by atoms with Gasteiger partial charge in [0.15, 0.2) is 12.5 Å². The quantitative estimate of drug-likeness (QED) is 0.638. The van der Waals surface area contributed by atoms with Gasteiger partial charge in [-0.2, -0.15) is 13.2 Å². The van der Waals surface area contributed by atoms with Crippen LogP contribution in [0.25, 0.3) is 0 Å². The van der Waals surface area contributed by atoms with Crippen LogP contribution in [0.4, 0.5) is 24.5 Å². The van der Waals surface area contributed by atoms with Gasteiger partial charge in [-0.1, -0.05) is 22.9 Å². The smallest absolute Gasteiger partial charge is 0.398 e. The highest BCUT2D eigenvalue weighted by Gasteiger charge is 2.33. The first-order valence-electron chi connectivity index (χ1n) is 7.43. The highest BCUT2D eigenvalue weighted by Crippen LogP contribution is 2.32. The Morgan fingerprint density at radius 2 is 1.85 bits per heavy atom. The van der Waals surface area contributed by atoms with Crippen molar-refractivity contribution in [3.63, 3.8) is 0 Å². The first-order valence-corrected chi connectivity index (χ1v) is 7.81. The molecule has 0 fully saturated rings. The van der Waals surface area contributed by atoms with Crippen LogP contribution in [0.3, 0.4) is 0 Å². The molecule has 0 bridgehead atoms. The van der Waals surface area contributed by atoms with Crippen molar-refractivity contribution >= 4 is 29.3 Å². The number of carbonyl (C=O) groups excluding carboxylic acids is 1. The number of aldehydes is 1. The molecule has 10 heteroatoms. The average Bonchev–Trinajstić information content (AvgIpc) is 3.00. The molecular formula is C16H13ClF3N5O. The van der Waals surface area contributed by atoms with Crippen LogP contribution < -0.4 is 10.7 Å². The molecule has 26 heavy (non-hydrogen) atoms. The average molecular weight is 384 g/mol. The predicted octanol–water partition coefficient (Wildman–Crippen LogP) is 4.07. The SMILES string of the molecule is Nc1ccc(CN2N=NN(c3ccc(C(F)(F)F)cc3)C2C=O)cc1Cl. The van der Waals surface area contributed by atoms with Gasteiger partial charge in [0.05, 0.1) is 28.5 Å². The van der Waals surface area contributed by atoms with Gasteiger partial charge in [0.1, 0.15) is 0 Å². The van der Waals surface area contributed by atoms with Crippen molar-refractivity contribution in [3.8, 4) is 0 Å². The van der Waals surface area contributed by atoms with E-state index in [1.165, 1.54) is 22.2 Å².